The number of rotatable bonds is 3. The number of carbonyl (C=O) groups is 2. The topological polar surface area (TPSA) is 72.6 Å². The second kappa shape index (κ2) is 6.24. The average Bonchev–Trinajstić information content (AvgIpc) is 3.08. The zero-order valence-corrected chi connectivity index (χ0v) is 13.9. The molecule has 2 aromatic carbocycles. The lowest BCUT2D eigenvalue weighted by Crippen LogP contribution is -2.49. The molecule has 0 unspecified atom stereocenters. The first kappa shape index (κ1) is 15.7. The fraction of sp³-hybridized carbons (Fsp3) is 0.300. The molecule has 1 aliphatic carbocycles. The van der Waals surface area contributed by atoms with Gasteiger partial charge in [0.05, 0.1) is 18.7 Å². The van der Waals surface area contributed by atoms with Crippen LogP contribution in [0.4, 0.5) is 5.69 Å². The van der Waals surface area contributed by atoms with E-state index in [1.165, 1.54) is 17.5 Å². The van der Waals surface area contributed by atoms with Crippen LogP contribution in [0.1, 0.15) is 23.1 Å². The van der Waals surface area contributed by atoms with Crippen molar-refractivity contribution in [3.8, 4) is 5.75 Å². The Balaban J connectivity index is 1.59. The first-order valence-electron chi connectivity index (χ1n) is 8.58. The molecule has 2 aromatic rings. The Bertz CT molecular complexity index is 847. The van der Waals surface area contributed by atoms with Gasteiger partial charge in [0.2, 0.25) is 5.91 Å². The first-order chi connectivity index (χ1) is 12.1. The van der Waals surface area contributed by atoms with Crippen molar-refractivity contribution in [1.29, 1.82) is 0 Å². The summed E-state index contributed by atoms with van der Waals surface area (Å²) in [6.45, 7) is 0.149. The number of amides is 2. The summed E-state index contributed by atoms with van der Waals surface area (Å²) in [6.07, 6.45) is 2.87. The Labute approximate surface area is 146 Å². The third kappa shape index (κ3) is 2.97. The van der Waals surface area contributed by atoms with Crippen molar-refractivity contribution in [3.63, 3.8) is 0 Å². The number of nitrogens with zero attached hydrogens (tertiary/aromatic N) is 1. The van der Waals surface area contributed by atoms with Gasteiger partial charge in [-0.05, 0) is 48.1 Å². The fourth-order valence-corrected chi connectivity index (χ4v) is 3.62. The summed E-state index contributed by atoms with van der Waals surface area (Å²) in [6, 6.07) is 13.5. The van der Waals surface area contributed by atoms with Crippen molar-refractivity contribution in [1.82, 2.24) is 0 Å². The molecular formula is C20H20N2O3. The summed E-state index contributed by atoms with van der Waals surface area (Å²) in [5, 5.41) is 0. The summed E-state index contributed by atoms with van der Waals surface area (Å²) in [4.78, 5) is 26.1. The number of hydrogen-bond acceptors (Lipinski definition) is 3. The van der Waals surface area contributed by atoms with Gasteiger partial charge in [-0.3, -0.25) is 9.59 Å². The second-order valence-corrected chi connectivity index (χ2v) is 6.61. The van der Waals surface area contributed by atoms with Crippen LogP contribution in [0.2, 0.25) is 0 Å². The molecule has 1 aliphatic heterocycles. The third-order valence-corrected chi connectivity index (χ3v) is 4.91. The van der Waals surface area contributed by atoms with Gasteiger partial charge >= 0.3 is 0 Å². The fourth-order valence-electron chi connectivity index (χ4n) is 3.62. The molecule has 4 rings (SSSR count). The minimum Gasteiger partial charge on any atom is -0.477 e. The first-order valence-corrected chi connectivity index (χ1v) is 8.58. The van der Waals surface area contributed by atoms with Crippen molar-refractivity contribution in [3.05, 3.63) is 59.2 Å². The van der Waals surface area contributed by atoms with E-state index < -0.39 is 12.0 Å². The normalized spacial score (nSPS) is 18.2. The third-order valence-electron chi connectivity index (χ3n) is 4.91. The molecule has 5 nitrogen and oxygen atoms in total. The lowest BCUT2D eigenvalue weighted by molar-refractivity contribution is -0.125. The molecule has 25 heavy (non-hydrogen) atoms. The highest BCUT2D eigenvalue weighted by molar-refractivity contribution is 5.98. The molecule has 0 bridgehead atoms. The van der Waals surface area contributed by atoms with Crippen LogP contribution >= 0.6 is 0 Å². The van der Waals surface area contributed by atoms with Gasteiger partial charge in [0.1, 0.15) is 5.75 Å². The highest BCUT2D eigenvalue weighted by atomic mass is 16.5. The maximum Gasteiger partial charge on any atom is 0.260 e. The van der Waals surface area contributed by atoms with E-state index in [0.29, 0.717) is 17.9 Å². The average molecular weight is 336 g/mol. The standard InChI is InChI=1S/C20H20N2O3/c21-20(24)18-12-22(16-6-1-2-7-17(16)25-18)19(23)11-13-8-9-14-4-3-5-15(14)10-13/h1-2,6-10,18H,3-5,11-12H2,(H2,21,24)/t18-/m0/s1. The summed E-state index contributed by atoms with van der Waals surface area (Å²) in [5.74, 6) is -0.107. The molecule has 2 amide bonds. The molecule has 0 saturated carbocycles. The molecule has 0 spiro atoms. The molecule has 5 heteroatoms. The van der Waals surface area contributed by atoms with Crippen molar-refractivity contribution >= 4 is 17.5 Å². The van der Waals surface area contributed by atoms with E-state index in [0.717, 1.165) is 18.4 Å². The summed E-state index contributed by atoms with van der Waals surface area (Å²) in [7, 11) is 0. The maximum absolute atomic E-state index is 12.9. The van der Waals surface area contributed by atoms with Crippen LogP contribution in [0, 0.1) is 0 Å². The van der Waals surface area contributed by atoms with E-state index in [4.69, 9.17) is 10.5 Å². The van der Waals surface area contributed by atoms with Crippen LogP contribution in [0.15, 0.2) is 42.5 Å². The number of anilines is 1. The number of nitrogens with two attached hydrogens (primary N) is 1. The van der Waals surface area contributed by atoms with Gasteiger partial charge in [-0.1, -0.05) is 30.3 Å². The molecule has 128 valence electrons. The Kier molecular flexibility index (Phi) is 3.92. The monoisotopic (exact) mass is 336 g/mol. The number of ether oxygens (including phenoxy) is 1. The van der Waals surface area contributed by atoms with E-state index >= 15 is 0 Å². The highest BCUT2D eigenvalue weighted by Gasteiger charge is 2.32. The van der Waals surface area contributed by atoms with Crippen molar-refractivity contribution in [2.45, 2.75) is 31.8 Å². The van der Waals surface area contributed by atoms with E-state index in [1.807, 2.05) is 24.3 Å². The van der Waals surface area contributed by atoms with Crippen molar-refractivity contribution in [2.24, 2.45) is 5.73 Å². The van der Waals surface area contributed by atoms with Gasteiger partial charge in [-0.25, -0.2) is 0 Å². The lowest BCUT2D eigenvalue weighted by Gasteiger charge is -2.33. The molecule has 1 heterocycles. The number of primary amides is 1. The number of benzene rings is 2. The van der Waals surface area contributed by atoms with E-state index in [9.17, 15) is 9.59 Å². The van der Waals surface area contributed by atoms with Crippen LogP contribution in [-0.2, 0) is 28.9 Å². The molecule has 2 aliphatic rings. The smallest absolute Gasteiger partial charge is 0.260 e. The number of carbonyl (C=O) groups excluding carboxylic acids is 2. The minimum absolute atomic E-state index is 0.0556. The van der Waals surface area contributed by atoms with E-state index in [-0.39, 0.29) is 12.5 Å². The molecule has 1 atom stereocenters. The zero-order valence-electron chi connectivity index (χ0n) is 13.9. The number of para-hydroxylation sites is 2. The number of hydrogen-bond donors (Lipinski definition) is 1. The second-order valence-electron chi connectivity index (χ2n) is 6.61. The summed E-state index contributed by atoms with van der Waals surface area (Å²) in [5.41, 5.74) is 9.83. The predicted octanol–water partition coefficient (Wildman–Crippen LogP) is 2.00. The number of fused-ring (bicyclic) bond motifs is 2. The van der Waals surface area contributed by atoms with Crippen molar-refractivity contribution in [2.75, 3.05) is 11.4 Å². The molecule has 0 aromatic heterocycles. The van der Waals surface area contributed by atoms with Crippen LogP contribution < -0.4 is 15.4 Å². The Morgan fingerprint density at radius 1 is 1.12 bits per heavy atom. The lowest BCUT2D eigenvalue weighted by atomic mass is 10.0. The van der Waals surface area contributed by atoms with Crippen molar-refractivity contribution < 1.29 is 14.3 Å². The van der Waals surface area contributed by atoms with E-state index in [1.54, 1.807) is 11.0 Å². The Hall–Kier alpha value is -2.82. The molecule has 2 N–H and O–H groups in total. The Morgan fingerprint density at radius 3 is 2.76 bits per heavy atom. The van der Waals surface area contributed by atoms with Gasteiger partial charge < -0.3 is 15.4 Å². The minimum atomic E-state index is -0.820. The van der Waals surface area contributed by atoms with Crippen LogP contribution in [0.5, 0.6) is 5.75 Å². The number of aryl methyl sites for hydroxylation is 2. The van der Waals surface area contributed by atoms with Gasteiger partial charge in [-0.15, -0.1) is 0 Å². The maximum atomic E-state index is 12.9. The Morgan fingerprint density at radius 2 is 1.92 bits per heavy atom. The SMILES string of the molecule is NC(=O)[C@@H]1CN(C(=O)Cc2ccc3c(c2)CCC3)c2ccccc2O1. The predicted molar refractivity (Wildman–Crippen MR) is 94.6 cm³/mol. The highest BCUT2D eigenvalue weighted by Crippen LogP contribution is 2.33. The molecule has 0 saturated heterocycles. The quantitative estimate of drug-likeness (QED) is 0.932. The largest absolute Gasteiger partial charge is 0.477 e. The van der Waals surface area contributed by atoms with Crippen LogP contribution in [0.3, 0.4) is 0 Å². The summed E-state index contributed by atoms with van der Waals surface area (Å²) < 4.78 is 5.62. The molecular weight excluding hydrogens is 316 g/mol. The van der Waals surface area contributed by atoms with Gasteiger partial charge in [0.25, 0.3) is 5.91 Å². The van der Waals surface area contributed by atoms with Gasteiger partial charge in [0.15, 0.2) is 6.10 Å². The summed E-state index contributed by atoms with van der Waals surface area (Å²) >= 11 is 0. The van der Waals surface area contributed by atoms with Crippen LogP contribution in [0.25, 0.3) is 0 Å². The molecule has 0 radical (unpaired) electrons. The van der Waals surface area contributed by atoms with E-state index in [2.05, 4.69) is 12.1 Å². The van der Waals surface area contributed by atoms with Gasteiger partial charge in [0, 0.05) is 0 Å². The zero-order chi connectivity index (χ0) is 17.4. The molecule has 0 fully saturated rings. The van der Waals surface area contributed by atoms with Crippen LogP contribution in [-0.4, -0.2) is 24.5 Å². The van der Waals surface area contributed by atoms with Gasteiger partial charge in [-0.2, -0.15) is 0 Å².